The molecule has 17 heavy (non-hydrogen) atoms. The number of anilines is 1. The quantitative estimate of drug-likeness (QED) is 0.820. The van der Waals surface area contributed by atoms with Gasteiger partial charge in [-0.2, -0.15) is 0 Å². The molecule has 2 fully saturated rings. The molecule has 0 radical (unpaired) electrons. The normalized spacial score (nSPS) is 25.0. The molecule has 2 aliphatic rings. The van der Waals surface area contributed by atoms with Crippen LogP contribution in [0, 0.1) is 0 Å². The van der Waals surface area contributed by atoms with E-state index in [1.807, 2.05) is 12.3 Å². The summed E-state index contributed by atoms with van der Waals surface area (Å²) in [5.41, 5.74) is 6.95. The zero-order valence-corrected chi connectivity index (χ0v) is 10.2. The molecule has 1 atom stereocenters. The highest BCUT2D eigenvalue weighted by molar-refractivity contribution is 5.47. The van der Waals surface area contributed by atoms with E-state index in [4.69, 9.17) is 5.73 Å². The largest absolute Gasteiger partial charge is 0.353 e. The van der Waals surface area contributed by atoms with Crippen LogP contribution < -0.4 is 10.6 Å². The summed E-state index contributed by atoms with van der Waals surface area (Å²) in [5.74, 6) is 1.10. The van der Waals surface area contributed by atoms with Gasteiger partial charge in [-0.1, -0.05) is 6.07 Å². The minimum Gasteiger partial charge on any atom is -0.353 e. The van der Waals surface area contributed by atoms with Gasteiger partial charge in [-0.3, -0.25) is 4.90 Å². The minimum absolute atomic E-state index is 0.577. The van der Waals surface area contributed by atoms with Crippen LogP contribution in [0.5, 0.6) is 0 Å². The Balaban J connectivity index is 1.80. The summed E-state index contributed by atoms with van der Waals surface area (Å²) >= 11 is 0. The van der Waals surface area contributed by atoms with E-state index in [0.717, 1.165) is 24.9 Å². The molecular weight excluding hydrogens is 212 g/mol. The van der Waals surface area contributed by atoms with Crippen LogP contribution in [0.15, 0.2) is 18.3 Å². The predicted octanol–water partition coefficient (Wildman–Crippen LogP) is 0.825. The molecule has 3 rings (SSSR count). The molecule has 1 unspecified atom stereocenters. The second-order valence-corrected chi connectivity index (χ2v) is 4.97. The number of nitrogens with two attached hydrogens (primary N) is 1. The Morgan fingerprint density at radius 3 is 3.18 bits per heavy atom. The average Bonchev–Trinajstić information content (AvgIpc) is 2.85. The lowest BCUT2D eigenvalue weighted by Gasteiger charge is -2.38. The van der Waals surface area contributed by atoms with Gasteiger partial charge in [0.2, 0.25) is 0 Å². The second-order valence-electron chi connectivity index (χ2n) is 4.97. The van der Waals surface area contributed by atoms with Crippen molar-refractivity contribution in [3.63, 3.8) is 0 Å². The molecule has 92 valence electrons. The van der Waals surface area contributed by atoms with Crippen molar-refractivity contribution in [3.05, 3.63) is 23.9 Å². The van der Waals surface area contributed by atoms with Crippen molar-refractivity contribution in [2.24, 2.45) is 5.73 Å². The van der Waals surface area contributed by atoms with Crippen LogP contribution in [-0.2, 0) is 6.54 Å². The van der Waals surface area contributed by atoms with E-state index in [1.165, 1.54) is 31.5 Å². The van der Waals surface area contributed by atoms with E-state index in [9.17, 15) is 0 Å². The lowest BCUT2D eigenvalue weighted by molar-refractivity contribution is 0.230. The molecule has 0 bridgehead atoms. The molecule has 0 aromatic carbocycles. The summed E-state index contributed by atoms with van der Waals surface area (Å²) in [6, 6.07) is 4.79. The molecular formula is C13H20N4. The Morgan fingerprint density at radius 2 is 2.29 bits per heavy atom. The molecule has 2 saturated heterocycles. The van der Waals surface area contributed by atoms with Crippen LogP contribution in [0.1, 0.15) is 18.4 Å². The van der Waals surface area contributed by atoms with Crippen molar-refractivity contribution < 1.29 is 0 Å². The molecule has 1 aromatic rings. The Bertz CT molecular complexity index is 393. The monoisotopic (exact) mass is 232 g/mol. The van der Waals surface area contributed by atoms with Gasteiger partial charge in [0.25, 0.3) is 0 Å². The molecule has 0 saturated carbocycles. The average molecular weight is 232 g/mol. The lowest BCUT2D eigenvalue weighted by Crippen LogP contribution is -2.50. The summed E-state index contributed by atoms with van der Waals surface area (Å²) < 4.78 is 0. The van der Waals surface area contributed by atoms with Crippen molar-refractivity contribution in [2.45, 2.75) is 25.4 Å². The van der Waals surface area contributed by atoms with Gasteiger partial charge >= 0.3 is 0 Å². The summed E-state index contributed by atoms with van der Waals surface area (Å²) in [5, 5.41) is 0. The number of aromatic nitrogens is 1. The number of rotatable bonds is 2. The van der Waals surface area contributed by atoms with Gasteiger partial charge in [-0.15, -0.1) is 0 Å². The molecule has 2 aliphatic heterocycles. The maximum Gasteiger partial charge on any atom is 0.133 e. The van der Waals surface area contributed by atoms with Crippen LogP contribution >= 0.6 is 0 Å². The fourth-order valence-electron chi connectivity index (χ4n) is 3.06. The van der Waals surface area contributed by atoms with E-state index >= 15 is 0 Å². The van der Waals surface area contributed by atoms with E-state index in [2.05, 4.69) is 20.9 Å². The predicted molar refractivity (Wildman–Crippen MR) is 68.9 cm³/mol. The maximum absolute atomic E-state index is 5.79. The van der Waals surface area contributed by atoms with Gasteiger partial charge in [0.05, 0.1) is 0 Å². The molecule has 1 aromatic heterocycles. The molecule has 0 spiro atoms. The van der Waals surface area contributed by atoms with E-state index in [-0.39, 0.29) is 0 Å². The molecule has 4 nitrogen and oxygen atoms in total. The van der Waals surface area contributed by atoms with E-state index in [1.54, 1.807) is 0 Å². The zero-order valence-electron chi connectivity index (χ0n) is 10.2. The third-order valence-corrected chi connectivity index (χ3v) is 3.97. The van der Waals surface area contributed by atoms with Crippen molar-refractivity contribution in [1.82, 2.24) is 9.88 Å². The molecule has 0 amide bonds. The van der Waals surface area contributed by atoms with Crippen LogP contribution in [0.25, 0.3) is 0 Å². The summed E-state index contributed by atoms with van der Waals surface area (Å²) in [4.78, 5) is 9.54. The first kappa shape index (κ1) is 11.0. The molecule has 2 N–H and O–H groups in total. The summed E-state index contributed by atoms with van der Waals surface area (Å²) in [6.45, 7) is 5.23. The fourth-order valence-corrected chi connectivity index (χ4v) is 3.06. The first-order chi connectivity index (χ1) is 8.38. The van der Waals surface area contributed by atoms with E-state index < -0.39 is 0 Å². The Morgan fingerprint density at radius 1 is 1.35 bits per heavy atom. The lowest BCUT2D eigenvalue weighted by atomic mass is 10.1. The number of fused-ring (bicyclic) bond motifs is 1. The minimum atomic E-state index is 0.577. The number of nitrogens with zero attached hydrogens (tertiary/aromatic N) is 3. The Hall–Kier alpha value is -1.13. The summed E-state index contributed by atoms with van der Waals surface area (Å²) in [6.07, 6.45) is 4.56. The van der Waals surface area contributed by atoms with Gasteiger partial charge in [-0.05, 0) is 25.5 Å². The molecule has 0 aliphatic carbocycles. The molecule has 4 heteroatoms. The van der Waals surface area contributed by atoms with Crippen LogP contribution in [-0.4, -0.2) is 42.1 Å². The van der Waals surface area contributed by atoms with Gasteiger partial charge < -0.3 is 10.6 Å². The maximum atomic E-state index is 5.79. The number of hydrogen-bond donors (Lipinski definition) is 1. The highest BCUT2D eigenvalue weighted by Crippen LogP contribution is 2.25. The zero-order chi connectivity index (χ0) is 11.7. The van der Waals surface area contributed by atoms with Gasteiger partial charge in [0.1, 0.15) is 5.82 Å². The van der Waals surface area contributed by atoms with Crippen LogP contribution in [0.2, 0.25) is 0 Å². The van der Waals surface area contributed by atoms with Crippen molar-refractivity contribution in [2.75, 3.05) is 31.1 Å². The standard InChI is InChI=1S/C13H20N4/c14-9-11-3-1-5-15-13(11)17-8-7-16-6-2-4-12(16)10-17/h1,3,5,12H,2,4,6-10,14H2. The third kappa shape index (κ3) is 2.03. The smallest absolute Gasteiger partial charge is 0.133 e. The SMILES string of the molecule is NCc1cccnc1N1CCN2CCCC2C1. The van der Waals surface area contributed by atoms with Gasteiger partial charge in [0.15, 0.2) is 0 Å². The number of piperazine rings is 1. The molecule has 3 heterocycles. The highest BCUT2D eigenvalue weighted by atomic mass is 15.3. The highest BCUT2D eigenvalue weighted by Gasteiger charge is 2.31. The number of hydrogen-bond acceptors (Lipinski definition) is 4. The van der Waals surface area contributed by atoms with Crippen LogP contribution in [0.3, 0.4) is 0 Å². The first-order valence-electron chi connectivity index (χ1n) is 6.51. The second kappa shape index (κ2) is 4.63. The van der Waals surface area contributed by atoms with Crippen molar-refractivity contribution >= 4 is 5.82 Å². The van der Waals surface area contributed by atoms with Crippen LogP contribution in [0.4, 0.5) is 5.82 Å². The first-order valence-corrected chi connectivity index (χ1v) is 6.51. The topological polar surface area (TPSA) is 45.4 Å². The fraction of sp³-hybridized carbons (Fsp3) is 0.615. The van der Waals surface area contributed by atoms with E-state index in [0.29, 0.717) is 6.54 Å². The third-order valence-electron chi connectivity index (χ3n) is 3.97. The van der Waals surface area contributed by atoms with Gasteiger partial charge in [-0.25, -0.2) is 4.98 Å². The number of pyridine rings is 1. The Kier molecular flexibility index (Phi) is 2.99. The van der Waals surface area contributed by atoms with Crippen molar-refractivity contribution in [1.29, 1.82) is 0 Å². The van der Waals surface area contributed by atoms with Crippen molar-refractivity contribution in [3.8, 4) is 0 Å². The summed E-state index contributed by atoms with van der Waals surface area (Å²) in [7, 11) is 0. The van der Waals surface area contributed by atoms with Gasteiger partial charge in [0, 0.05) is 44.0 Å². The Labute approximate surface area is 102 Å².